The van der Waals surface area contributed by atoms with Crippen LogP contribution in [-0.4, -0.2) is 47.7 Å². The van der Waals surface area contributed by atoms with Gasteiger partial charge in [0, 0.05) is 36.0 Å². The fourth-order valence-electron chi connectivity index (χ4n) is 3.71. The van der Waals surface area contributed by atoms with Crippen LogP contribution in [0.15, 0.2) is 47.6 Å². The molecule has 0 spiro atoms. The maximum absolute atomic E-state index is 5.47. The fourth-order valence-corrected chi connectivity index (χ4v) is 5.80. The van der Waals surface area contributed by atoms with Crippen molar-refractivity contribution >= 4 is 40.9 Å². The molecule has 0 bridgehead atoms. The quantitative estimate of drug-likeness (QED) is 0.264. The van der Waals surface area contributed by atoms with Crippen molar-refractivity contribution in [1.82, 2.24) is 21.3 Å². The van der Waals surface area contributed by atoms with Gasteiger partial charge < -0.3 is 21.3 Å². The van der Waals surface area contributed by atoms with Crippen LogP contribution in [-0.2, 0) is 0 Å². The van der Waals surface area contributed by atoms with E-state index in [9.17, 15) is 0 Å². The normalized spacial score (nSPS) is 29.4. The Hall–Kier alpha value is -0.730. The number of hydrogen-bond acceptors (Lipinski definition) is 5. The zero-order valence-electron chi connectivity index (χ0n) is 16.6. The number of nitrogens with one attached hydrogen (secondary N) is 4. The van der Waals surface area contributed by atoms with E-state index in [1.54, 1.807) is 11.8 Å². The van der Waals surface area contributed by atoms with Crippen LogP contribution in [0.3, 0.4) is 0 Å². The van der Waals surface area contributed by atoms with E-state index in [0.29, 0.717) is 27.7 Å². The number of fused-ring (bicyclic) bond motifs is 1. The van der Waals surface area contributed by atoms with Crippen LogP contribution in [0.1, 0.15) is 25.7 Å². The fraction of sp³-hybridized carbons (Fsp3) is 0.571. The summed E-state index contributed by atoms with van der Waals surface area (Å²) in [6, 6.07) is 0.664. The average Bonchev–Trinajstić information content (AvgIpc) is 3.15. The SMILES string of the molecule is C=C(/C=C\CCCNC(=S)NC1=CC(C2NC3CCNCC3S2)CC=C1)SC. The molecule has 2 fully saturated rings. The lowest BCUT2D eigenvalue weighted by Gasteiger charge is -2.25. The molecule has 0 saturated carbocycles. The second-order valence-corrected chi connectivity index (χ2v) is 10.1. The smallest absolute Gasteiger partial charge is 0.170 e. The molecular formula is C21H32N4S3. The summed E-state index contributed by atoms with van der Waals surface area (Å²) in [5, 5.41) is 16.0. The van der Waals surface area contributed by atoms with Crippen LogP contribution >= 0.6 is 35.7 Å². The molecular weight excluding hydrogens is 404 g/mol. The van der Waals surface area contributed by atoms with Crippen LogP contribution in [0.5, 0.6) is 0 Å². The second kappa shape index (κ2) is 11.5. The molecule has 0 aromatic carbocycles. The van der Waals surface area contributed by atoms with Crippen molar-refractivity contribution in [3.8, 4) is 0 Å². The Balaban J connectivity index is 1.38. The van der Waals surface area contributed by atoms with Crippen molar-refractivity contribution in [1.29, 1.82) is 0 Å². The van der Waals surface area contributed by atoms with E-state index in [1.807, 2.05) is 6.26 Å². The van der Waals surface area contributed by atoms with Crippen molar-refractivity contribution in [2.75, 3.05) is 25.9 Å². The molecule has 3 rings (SSSR count). The van der Waals surface area contributed by atoms with Gasteiger partial charge in [-0.15, -0.1) is 23.5 Å². The highest BCUT2D eigenvalue weighted by Gasteiger charge is 2.38. The second-order valence-electron chi connectivity index (χ2n) is 7.38. The first kappa shape index (κ1) is 22.0. The Morgan fingerprint density at radius 2 is 2.39 bits per heavy atom. The molecule has 3 aliphatic rings. The topological polar surface area (TPSA) is 48.1 Å². The van der Waals surface area contributed by atoms with Crippen LogP contribution < -0.4 is 21.3 Å². The van der Waals surface area contributed by atoms with Gasteiger partial charge in [0.25, 0.3) is 0 Å². The molecule has 4 atom stereocenters. The van der Waals surface area contributed by atoms with Crippen molar-refractivity contribution in [3.05, 3.63) is 47.6 Å². The molecule has 2 aliphatic heterocycles. The number of allylic oxidation sites excluding steroid dienone is 4. The zero-order valence-corrected chi connectivity index (χ0v) is 19.0. The van der Waals surface area contributed by atoms with E-state index in [2.05, 4.69) is 70.0 Å². The molecule has 154 valence electrons. The summed E-state index contributed by atoms with van der Waals surface area (Å²) >= 11 is 9.25. The molecule has 4 nitrogen and oxygen atoms in total. The van der Waals surface area contributed by atoms with Crippen molar-refractivity contribution in [2.45, 2.75) is 42.3 Å². The Morgan fingerprint density at radius 1 is 1.50 bits per heavy atom. The van der Waals surface area contributed by atoms with Crippen LogP contribution in [0.25, 0.3) is 0 Å². The van der Waals surface area contributed by atoms with E-state index in [0.717, 1.165) is 49.5 Å². The highest BCUT2D eigenvalue weighted by Crippen LogP contribution is 2.37. The van der Waals surface area contributed by atoms with E-state index >= 15 is 0 Å². The van der Waals surface area contributed by atoms with E-state index in [4.69, 9.17) is 12.2 Å². The predicted molar refractivity (Wildman–Crippen MR) is 130 cm³/mol. The molecule has 2 saturated heterocycles. The molecule has 0 aromatic heterocycles. The van der Waals surface area contributed by atoms with E-state index < -0.39 is 0 Å². The first-order valence-electron chi connectivity index (χ1n) is 10.1. The van der Waals surface area contributed by atoms with Crippen LogP contribution in [0.2, 0.25) is 0 Å². The van der Waals surface area contributed by atoms with Gasteiger partial charge in [-0.05, 0) is 61.7 Å². The minimum Gasteiger partial charge on any atom is -0.362 e. The third-order valence-electron chi connectivity index (χ3n) is 5.27. The molecule has 0 aromatic rings. The van der Waals surface area contributed by atoms with E-state index in [-0.39, 0.29) is 0 Å². The number of unbranched alkanes of at least 4 members (excludes halogenated alkanes) is 1. The summed E-state index contributed by atoms with van der Waals surface area (Å²) in [4.78, 5) is 1.10. The molecule has 28 heavy (non-hydrogen) atoms. The van der Waals surface area contributed by atoms with Gasteiger partial charge >= 0.3 is 0 Å². The highest BCUT2D eigenvalue weighted by atomic mass is 32.2. The van der Waals surface area contributed by atoms with Gasteiger partial charge in [-0.25, -0.2) is 0 Å². The first-order valence-corrected chi connectivity index (χ1v) is 12.7. The summed E-state index contributed by atoms with van der Waals surface area (Å²) in [6.45, 7) is 7.09. The Kier molecular flexibility index (Phi) is 8.99. The van der Waals surface area contributed by atoms with E-state index in [1.165, 1.54) is 6.42 Å². The standard InChI is InChI=1S/C21H32N4S3/c1-15(27-2)7-4-3-5-11-23-21(26)24-17-9-6-8-16(13-17)20-25-18-10-12-22-14-19(18)28-20/h4,6-7,9,13,16,18-20,22,25H,1,3,5,8,10-12,14H2,2H3,(H2,23,24,26)/b7-4-. The monoisotopic (exact) mass is 436 g/mol. The van der Waals surface area contributed by atoms with Gasteiger partial charge in [0.2, 0.25) is 0 Å². The van der Waals surface area contributed by atoms with Crippen molar-refractivity contribution in [2.24, 2.45) is 5.92 Å². The van der Waals surface area contributed by atoms with Crippen molar-refractivity contribution in [3.63, 3.8) is 0 Å². The summed E-state index contributed by atoms with van der Waals surface area (Å²) in [6.07, 6.45) is 17.5. The maximum atomic E-state index is 5.47. The van der Waals surface area contributed by atoms with Gasteiger partial charge in [0.05, 0.1) is 5.37 Å². The molecule has 7 heteroatoms. The summed E-state index contributed by atoms with van der Waals surface area (Å²) < 4.78 is 0. The van der Waals surface area contributed by atoms with Gasteiger partial charge in [-0.3, -0.25) is 0 Å². The minimum absolute atomic E-state index is 0.501. The maximum Gasteiger partial charge on any atom is 0.170 e. The number of hydrogen-bond donors (Lipinski definition) is 4. The zero-order chi connectivity index (χ0) is 19.8. The number of thiocarbonyl (C=S) groups is 1. The Labute approximate surface area is 183 Å². The van der Waals surface area contributed by atoms with Gasteiger partial charge in [0.1, 0.15) is 0 Å². The Bertz CT molecular complexity index is 630. The molecule has 2 heterocycles. The van der Waals surface area contributed by atoms with Gasteiger partial charge in [-0.2, -0.15) is 0 Å². The highest BCUT2D eigenvalue weighted by molar-refractivity contribution is 8.02. The summed E-state index contributed by atoms with van der Waals surface area (Å²) in [5.74, 6) is 0.514. The number of piperidine rings is 1. The lowest BCUT2D eigenvalue weighted by atomic mass is 9.97. The summed E-state index contributed by atoms with van der Waals surface area (Å²) in [5.41, 5.74) is 1.11. The molecule has 4 N–H and O–H groups in total. The lowest BCUT2D eigenvalue weighted by molar-refractivity contribution is 0.394. The third kappa shape index (κ3) is 6.66. The molecule has 0 radical (unpaired) electrons. The molecule has 0 amide bonds. The number of rotatable bonds is 8. The Morgan fingerprint density at radius 3 is 3.21 bits per heavy atom. The first-order chi connectivity index (χ1) is 13.7. The number of thioether (sulfide) groups is 2. The predicted octanol–water partition coefficient (Wildman–Crippen LogP) is 3.52. The lowest BCUT2D eigenvalue weighted by Crippen LogP contribution is -2.45. The minimum atomic E-state index is 0.501. The largest absolute Gasteiger partial charge is 0.362 e. The summed E-state index contributed by atoms with van der Waals surface area (Å²) in [7, 11) is 0. The molecule has 1 aliphatic carbocycles. The third-order valence-corrected chi connectivity index (χ3v) is 7.80. The van der Waals surface area contributed by atoms with Gasteiger partial charge in [-0.1, -0.05) is 30.9 Å². The van der Waals surface area contributed by atoms with Crippen molar-refractivity contribution < 1.29 is 0 Å². The van der Waals surface area contributed by atoms with Gasteiger partial charge in [0.15, 0.2) is 5.11 Å². The molecule has 4 unspecified atom stereocenters. The van der Waals surface area contributed by atoms with Crippen LogP contribution in [0.4, 0.5) is 0 Å². The van der Waals surface area contributed by atoms with Crippen LogP contribution in [0, 0.1) is 5.92 Å². The average molecular weight is 437 g/mol.